The lowest BCUT2D eigenvalue weighted by Gasteiger charge is -2.02. The molecule has 21 heavy (non-hydrogen) atoms. The van der Waals surface area contributed by atoms with E-state index in [1.54, 1.807) is 11.8 Å². The fraction of sp³-hybridized carbons (Fsp3) is 0.125. The van der Waals surface area contributed by atoms with Gasteiger partial charge in [-0.1, -0.05) is 29.8 Å². The zero-order valence-electron chi connectivity index (χ0n) is 11.7. The van der Waals surface area contributed by atoms with E-state index in [1.165, 1.54) is 5.56 Å². The van der Waals surface area contributed by atoms with Crippen LogP contribution in [-0.4, -0.2) is 21.9 Å². The van der Waals surface area contributed by atoms with Crippen LogP contribution in [0.2, 0.25) is 5.28 Å². The van der Waals surface area contributed by atoms with Crippen molar-refractivity contribution in [3.05, 3.63) is 59.4 Å². The van der Waals surface area contributed by atoms with Gasteiger partial charge in [0.15, 0.2) is 5.82 Å². The second kappa shape index (κ2) is 5.58. The number of hydrogen-bond donors (Lipinski definition) is 0. The van der Waals surface area contributed by atoms with Crippen LogP contribution >= 0.6 is 11.6 Å². The monoisotopic (exact) mass is 299 g/mol. The number of rotatable bonds is 3. The van der Waals surface area contributed by atoms with Crippen molar-refractivity contribution in [3.63, 3.8) is 0 Å². The van der Waals surface area contributed by atoms with Crippen molar-refractivity contribution >= 4 is 11.6 Å². The Bertz CT molecular complexity index is 765. The average Bonchev–Trinajstić information content (AvgIpc) is 2.90. The zero-order valence-corrected chi connectivity index (χ0v) is 12.5. The number of nitrogens with zero attached hydrogens (tertiary/aromatic N) is 3. The first kappa shape index (κ1) is 13.6. The smallest absolute Gasteiger partial charge is 0.226 e. The van der Waals surface area contributed by atoms with Gasteiger partial charge in [0.1, 0.15) is 5.75 Å². The molecule has 0 amide bonds. The van der Waals surface area contributed by atoms with Crippen LogP contribution in [0.1, 0.15) is 5.56 Å². The summed E-state index contributed by atoms with van der Waals surface area (Å²) in [5.74, 6) is 1.33. The molecule has 3 rings (SSSR count). The van der Waals surface area contributed by atoms with Crippen molar-refractivity contribution in [1.29, 1.82) is 0 Å². The van der Waals surface area contributed by atoms with Gasteiger partial charge in [0.2, 0.25) is 5.28 Å². The number of aromatic nitrogens is 3. The van der Waals surface area contributed by atoms with E-state index in [9.17, 15) is 0 Å². The Morgan fingerprint density at radius 3 is 2.57 bits per heavy atom. The van der Waals surface area contributed by atoms with Crippen LogP contribution in [0.25, 0.3) is 17.1 Å². The molecule has 1 heterocycles. The molecule has 5 heteroatoms. The summed E-state index contributed by atoms with van der Waals surface area (Å²) in [4.78, 5) is 4.32. The third kappa shape index (κ3) is 2.76. The lowest BCUT2D eigenvalue weighted by molar-refractivity contribution is 0.415. The third-order valence-corrected chi connectivity index (χ3v) is 3.42. The van der Waals surface area contributed by atoms with Crippen LogP contribution in [0.3, 0.4) is 0 Å². The molecule has 0 bridgehead atoms. The number of ether oxygens (including phenoxy) is 1. The van der Waals surface area contributed by atoms with E-state index in [1.807, 2.05) is 55.5 Å². The molecule has 0 atom stereocenters. The van der Waals surface area contributed by atoms with Crippen LogP contribution < -0.4 is 4.74 Å². The molecule has 0 spiro atoms. The number of methoxy groups -OCH3 is 1. The van der Waals surface area contributed by atoms with Gasteiger partial charge in [0, 0.05) is 5.56 Å². The molecule has 0 N–H and O–H groups in total. The van der Waals surface area contributed by atoms with Gasteiger partial charge in [-0.15, -0.1) is 5.10 Å². The van der Waals surface area contributed by atoms with Crippen molar-refractivity contribution in [2.75, 3.05) is 7.11 Å². The molecule has 0 aliphatic rings. The molecular weight excluding hydrogens is 286 g/mol. The molecule has 0 aliphatic carbocycles. The topological polar surface area (TPSA) is 39.9 Å². The molecule has 1 aromatic heterocycles. The van der Waals surface area contributed by atoms with Gasteiger partial charge in [-0.2, -0.15) is 4.98 Å². The summed E-state index contributed by atoms with van der Waals surface area (Å²) in [6, 6.07) is 15.5. The third-order valence-electron chi connectivity index (χ3n) is 3.17. The predicted molar refractivity (Wildman–Crippen MR) is 83.1 cm³/mol. The number of halogens is 1. The lowest BCUT2D eigenvalue weighted by atomic mass is 10.2. The SMILES string of the molecule is COc1cccc(-c2nc(Cl)n(-c3ccc(C)cc3)n2)c1. The van der Waals surface area contributed by atoms with Crippen LogP contribution in [0.15, 0.2) is 48.5 Å². The van der Waals surface area contributed by atoms with Crippen molar-refractivity contribution in [2.24, 2.45) is 0 Å². The molecule has 0 unspecified atom stereocenters. The summed E-state index contributed by atoms with van der Waals surface area (Å²) in [5, 5.41) is 4.80. The molecule has 2 aromatic carbocycles. The fourth-order valence-electron chi connectivity index (χ4n) is 2.03. The van der Waals surface area contributed by atoms with E-state index in [4.69, 9.17) is 16.3 Å². The van der Waals surface area contributed by atoms with E-state index in [2.05, 4.69) is 10.1 Å². The van der Waals surface area contributed by atoms with E-state index < -0.39 is 0 Å². The van der Waals surface area contributed by atoms with Crippen molar-refractivity contribution < 1.29 is 4.74 Å². The van der Waals surface area contributed by atoms with E-state index >= 15 is 0 Å². The second-order valence-corrected chi connectivity index (χ2v) is 5.02. The molecule has 106 valence electrons. The van der Waals surface area contributed by atoms with Gasteiger partial charge in [0.25, 0.3) is 0 Å². The fourth-order valence-corrected chi connectivity index (χ4v) is 2.24. The highest BCUT2D eigenvalue weighted by atomic mass is 35.5. The Kier molecular flexibility index (Phi) is 3.62. The summed E-state index contributed by atoms with van der Waals surface area (Å²) < 4.78 is 6.84. The first-order valence-corrected chi connectivity index (χ1v) is 6.89. The maximum absolute atomic E-state index is 6.20. The molecule has 0 saturated heterocycles. The van der Waals surface area contributed by atoms with Crippen LogP contribution in [0.5, 0.6) is 5.75 Å². The number of aryl methyl sites for hydroxylation is 1. The Hall–Kier alpha value is -2.33. The molecule has 0 saturated carbocycles. The molecule has 0 aliphatic heterocycles. The zero-order chi connectivity index (χ0) is 14.8. The van der Waals surface area contributed by atoms with Gasteiger partial charge < -0.3 is 4.74 Å². The predicted octanol–water partition coefficient (Wildman–Crippen LogP) is 3.90. The van der Waals surface area contributed by atoms with E-state index in [0.29, 0.717) is 11.1 Å². The Morgan fingerprint density at radius 1 is 1.10 bits per heavy atom. The van der Waals surface area contributed by atoms with Crippen LogP contribution in [0.4, 0.5) is 0 Å². The quantitative estimate of drug-likeness (QED) is 0.736. The van der Waals surface area contributed by atoms with Gasteiger partial charge >= 0.3 is 0 Å². The molecule has 0 radical (unpaired) electrons. The Balaban J connectivity index is 2.02. The Labute approximate surface area is 128 Å². The number of hydrogen-bond acceptors (Lipinski definition) is 3. The normalized spacial score (nSPS) is 10.6. The maximum Gasteiger partial charge on any atom is 0.226 e. The van der Waals surface area contributed by atoms with Crippen LogP contribution in [-0.2, 0) is 0 Å². The van der Waals surface area contributed by atoms with Gasteiger partial charge in [-0.3, -0.25) is 0 Å². The highest BCUT2D eigenvalue weighted by Crippen LogP contribution is 2.24. The highest BCUT2D eigenvalue weighted by molar-refractivity contribution is 6.28. The van der Waals surface area contributed by atoms with Crippen molar-refractivity contribution in [1.82, 2.24) is 14.8 Å². The summed E-state index contributed by atoms with van der Waals surface area (Å²) in [5.41, 5.74) is 2.93. The van der Waals surface area contributed by atoms with Gasteiger partial charge in [-0.25, -0.2) is 4.68 Å². The minimum absolute atomic E-state index is 0.330. The van der Waals surface area contributed by atoms with E-state index in [0.717, 1.165) is 17.0 Å². The van der Waals surface area contributed by atoms with Crippen molar-refractivity contribution in [2.45, 2.75) is 6.92 Å². The van der Waals surface area contributed by atoms with Crippen LogP contribution in [0, 0.1) is 6.92 Å². The van der Waals surface area contributed by atoms with Gasteiger partial charge in [-0.05, 0) is 42.8 Å². The minimum atomic E-state index is 0.330. The number of benzene rings is 2. The Morgan fingerprint density at radius 2 is 1.86 bits per heavy atom. The average molecular weight is 300 g/mol. The van der Waals surface area contributed by atoms with E-state index in [-0.39, 0.29) is 0 Å². The second-order valence-electron chi connectivity index (χ2n) is 4.68. The standard InChI is InChI=1S/C16H14ClN3O/c1-11-6-8-13(9-7-11)20-16(17)18-15(19-20)12-4-3-5-14(10-12)21-2/h3-10H,1-2H3. The highest BCUT2D eigenvalue weighted by Gasteiger charge is 2.11. The minimum Gasteiger partial charge on any atom is -0.497 e. The summed E-state index contributed by atoms with van der Waals surface area (Å²) in [6.45, 7) is 2.04. The first-order chi connectivity index (χ1) is 10.2. The summed E-state index contributed by atoms with van der Waals surface area (Å²) in [6.07, 6.45) is 0. The molecule has 3 aromatic rings. The van der Waals surface area contributed by atoms with Gasteiger partial charge in [0.05, 0.1) is 12.8 Å². The molecule has 4 nitrogen and oxygen atoms in total. The summed E-state index contributed by atoms with van der Waals surface area (Å²) >= 11 is 6.20. The molecular formula is C16H14ClN3O. The maximum atomic E-state index is 6.20. The summed E-state index contributed by atoms with van der Waals surface area (Å²) in [7, 11) is 1.63. The first-order valence-electron chi connectivity index (χ1n) is 6.51. The molecule has 0 fully saturated rings. The van der Waals surface area contributed by atoms with Crippen molar-refractivity contribution in [3.8, 4) is 22.8 Å². The lowest BCUT2D eigenvalue weighted by Crippen LogP contribution is -1.96. The largest absolute Gasteiger partial charge is 0.497 e.